The fourth-order valence-electron chi connectivity index (χ4n) is 8.06. The van der Waals surface area contributed by atoms with E-state index in [0.717, 1.165) is 32.1 Å². The van der Waals surface area contributed by atoms with E-state index in [2.05, 4.69) is 29.1 Å². The molecule has 0 aromatic heterocycles. The number of alkyl halides is 1. The largest absolute Gasteiger partial charge is 0.494 e. The van der Waals surface area contributed by atoms with Crippen molar-refractivity contribution in [3.63, 3.8) is 0 Å². The van der Waals surface area contributed by atoms with E-state index in [1.807, 2.05) is 43.0 Å². The quantitative estimate of drug-likeness (QED) is 0.245. The Morgan fingerprint density at radius 3 is 2.41 bits per heavy atom. The van der Waals surface area contributed by atoms with E-state index >= 15 is 0 Å². The Labute approximate surface area is 269 Å². The number of carbonyl (C=O) groups excluding carboxylic acids is 3. The molecule has 3 aliphatic heterocycles. The zero-order valence-electron chi connectivity index (χ0n) is 25.9. The molecule has 3 heterocycles. The smallest absolute Gasteiger partial charge is 0.248 e. The fraction of sp³-hybridized carbons (Fsp3) is 0.618. The molecule has 1 spiro atoms. The van der Waals surface area contributed by atoms with Crippen molar-refractivity contribution in [3.8, 4) is 5.75 Å². The normalized spacial score (nSPS) is 30.1. The van der Waals surface area contributed by atoms with Crippen molar-refractivity contribution in [1.82, 2.24) is 9.80 Å². The molecule has 5 rings (SSSR count). The molecule has 3 amide bonds. The van der Waals surface area contributed by atoms with Crippen LogP contribution in [0.5, 0.6) is 5.75 Å². The van der Waals surface area contributed by atoms with Crippen molar-refractivity contribution in [2.45, 2.75) is 93.5 Å². The number of benzene rings is 1. The Balaban J connectivity index is 1.56. The summed E-state index contributed by atoms with van der Waals surface area (Å²) in [7, 11) is 0. The van der Waals surface area contributed by atoms with E-state index in [0.29, 0.717) is 37.4 Å². The Kier molecular flexibility index (Phi) is 10.2. The number of anilines is 1. The minimum absolute atomic E-state index is 0.0504. The van der Waals surface area contributed by atoms with Gasteiger partial charge in [-0.2, -0.15) is 0 Å². The van der Waals surface area contributed by atoms with Gasteiger partial charge in [-0.1, -0.05) is 54.3 Å². The second kappa shape index (κ2) is 13.7. The highest BCUT2D eigenvalue weighted by Gasteiger charge is 2.77. The van der Waals surface area contributed by atoms with Crippen molar-refractivity contribution in [1.29, 1.82) is 0 Å². The molecule has 3 unspecified atom stereocenters. The molecule has 1 N–H and O–H groups in total. The van der Waals surface area contributed by atoms with E-state index in [-0.39, 0.29) is 41.7 Å². The lowest BCUT2D eigenvalue weighted by atomic mass is 9.70. The molecular weight excluding hydrogens is 626 g/mol. The Hall–Kier alpha value is -2.69. The topological polar surface area (TPSA) is 99.6 Å². The molecule has 9 nitrogen and oxygen atoms in total. The van der Waals surface area contributed by atoms with E-state index in [9.17, 15) is 19.5 Å². The minimum atomic E-state index is -1.19. The summed E-state index contributed by atoms with van der Waals surface area (Å²) in [5.74, 6) is -1.69. The molecule has 1 saturated carbocycles. The standard InChI is InChI=1S/C34H46BrN3O6/c1-5-18-36(24-14-16-25(17-15-24)43-8-4)31(40)27-28-32(41)38(22(7-3)21-39)30(34(28)20-26(35)29(27)44-34)33(42)37(19-6-2)23-12-10-9-11-13-23/h5-6,14-17,22-23,26-30,39H,1-2,7-13,18-21H2,3-4H3/t22-,26?,27+,28-,29+,30?,34?/m0/s1. The van der Waals surface area contributed by atoms with Gasteiger partial charge < -0.3 is 29.3 Å². The lowest BCUT2D eigenvalue weighted by Crippen LogP contribution is -2.60. The van der Waals surface area contributed by atoms with Crippen LogP contribution in [0.25, 0.3) is 0 Å². The number of hydrogen-bond donors (Lipinski definition) is 1. The molecule has 4 aliphatic rings. The van der Waals surface area contributed by atoms with Gasteiger partial charge in [0.15, 0.2) is 0 Å². The number of rotatable bonds is 13. The molecule has 7 atom stereocenters. The molecule has 4 fully saturated rings. The Morgan fingerprint density at radius 1 is 1.14 bits per heavy atom. The number of amides is 3. The third kappa shape index (κ3) is 5.51. The van der Waals surface area contributed by atoms with E-state index in [4.69, 9.17) is 9.47 Å². The summed E-state index contributed by atoms with van der Waals surface area (Å²) in [6.45, 7) is 12.5. The van der Waals surface area contributed by atoms with E-state index in [1.54, 1.807) is 22.0 Å². The summed E-state index contributed by atoms with van der Waals surface area (Å²) in [4.78, 5) is 48.8. The summed E-state index contributed by atoms with van der Waals surface area (Å²) in [5.41, 5.74) is -0.532. The maximum absolute atomic E-state index is 14.8. The van der Waals surface area contributed by atoms with Crippen molar-refractivity contribution in [2.75, 3.05) is 31.2 Å². The molecule has 44 heavy (non-hydrogen) atoms. The van der Waals surface area contributed by atoms with E-state index < -0.39 is 35.6 Å². The minimum Gasteiger partial charge on any atom is -0.494 e. The number of likely N-dealkylation sites (tertiary alicyclic amines) is 1. The molecule has 1 aromatic rings. The zero-order chi connectivity index (χ0) is 31.6. The van der Waals surface area contributed by atoms with Gasteiger partial charge in [-0.3, -0.25) is 14.4 Å². The van der Waals surface area contributed by atoms with Crippen LogP contribution in [0.1, 0.15) is 58.8 Å². The molecule has 240 valence electrons. The van der Waals surface area contributed by atoms with Crippen LogP contribution in [-0.2, 0) is 19.1 Å². The maximum Gasteiger partial charge on any atom is 0.248 e. The van der Waals surface area contributed by atoms with Crippen LogP contribution in [-0.4, -0.2) is 93.6 Å². The first-order chi connectivity index (χ1) is 21.3. The van der Waals surface area contributed by atoms with Gasteiger partial charge in [-0.25, -0.2) is 0 Å². The van der Waals surface area contributed by atoms with Crippen LogP contribution in [0.15, 0.2) is 49.6 Å². The van der Waals surface area contributed by atoms with Crippen molar-refractivity contribution in [3.05, 3.63) is 49.6 Å². The third-order valence-electron chi connectivity index (χ3n) is 9.98. The van der Waals surface area contributed by atoms with E-state index in [1.165, 1.54) is 0 Å². The van der Waals surface area contributed by atoms with Crippen LogP contribution in [0.4, 0.5) is 5.69 Å². The second-order valence-corrected chi connectivity index (χ2v) is 13.6. The summed E-state index contributed by atoms with van der Waals surface area (Å²) in [6, 6.07) is 5.82. The third-order valence-corrected chi connectivity index (χ3v) is 10.8. The van der Waals surface area contributed by atoms with Crippen molar-refractivity contribution in [2.24, 2.45) is 11.8 Å². The number of carbonyl (C=O) groups is 3. The summed E-state index contributed by atoms with van der Waals surface area (Å²) < 4.78 is 12.4. The Bertz CT molecular complexity index is 1230. The van der Waals surface area contributed by atoms with Gasteiger partial charge >= 0.3 is 0 Å². The second-order valence-electron chi connectivity index (χ2n) is 12.4. The Morgan fingerprint density at radius 2 is 1.82 bits per heavy atom. The average molecular weight is 673 g/mol. The van der Waals surface area contributed by atoms with Gasteiger partial charge in [-0.05, 0) is 56.9 Å². The predicted molar refractivity (Wildman–Crippen MR) is 173 cm³/mol. The summed E-state index contributed by atoms with van der Waals surface area (Å²) in [5, 5.41) is 10.4. The van der Waals surface area contributed by atoms with Crippen LogP contribution in [0.3, 0.4) is 0 Å². The number of ether oxygens (including phenoxy) is 2. The van der Waals surface area contributed by atoms with Gasteiger partial charge in [0.2, 0.25) is 17.7 Å². The van der Waals surface area contributed by atoms with Gasteiger partial charge in [0.25, 0.3) is 0 Å². The predicted octanol–water partition coefficient (Wildman–Crippen LogP) is 4.47. The molecule has 1 aromatic carbocycles. The number of aliphatic hydroxyl groups excluding tert-OH is 1. The number of nitrogens with zero attached hydrogens (tertiary/aromatic N) is 3. The van der Waals surface area contributed by atoms with Gasteiger partial charge in [0.05, 0.1) is 37.2 Å². The highest BCUT2D eigenvalue weighted by atomic mass is 79.9. The lowest BCUT2D eigenvalue weighted by Gasteiger charge is -2.42. The summed E-state index contributed by atoms with van der Waals surface area (Å²) >= 11 is 3.79. The van der Waals surface area contributed by atoms with Crippen LogP contribution >= 0.6 is 15.9 Å². The van der Waals surface area contributed by atoms with Gasteiger partial charge in [0.1, 0.15) is 17.4 Å². The molecule has 2 bridgehead atoms. The SMILES string of the molecule is C=CCN(C(=O)[C@H]1[C@@H]2OC3(CC2Br)C(C(=O)N(CC=C)C2CCCCC2)N([C@@H](CC)CO)C(=O)[C@H]13)c1ccc(OCC)cc1. The number of fused-ring (bicyclic) bond motifs is 1. The molecule has 1 aliphatic carbocycles. The fourth-order valence-corrected chi connectivity index (χ4v) is 9.01. The van der Waals surface area contributed by atoms with Crippen molar-refractivity contribution >= 4 is 39.3 Å². The first kappa shape index (κ1) is 32.7. The highest BCUT2D eigenvalue weighted by Crippen LogP contribution is 2.61. The van der Waals surface area contributed by atoms with Crippen LogP contribution < -0.4 is 9.64 Å². The van der Waals surface area contributed by atoms with Crippen LogP contribution in [0, 0.1) is 11.8 Å². The van der Waals surface area contributed by atoms with Crippen molar-refractivity contribution < 1.29 is 29.0 Å². The lowest BCUT2D eigenvalue weighted by molar-refractivity contribution is -0.153. The monoisotopic (exact) mass is 671 g/mol. The first-order valence-electron chi connectivity index (χ1n) is 16.1. The molecule has 0 radical (unpaired) electrons. The molecule has 10 heteroatoms. The van der Waals surface area contributed by atoms with Crippen LogP contribution in [0.2, 0.25) is 0 Å². The zero-order valence-corrected chi connectivity index (χ0v) is 27.5. The van der Waals surface area contributed by atoms with Gasteiger partial charge in [-0.15, -0.1) is 13.2 Å². The number of halogens is 1. The summed E-state index contributed by atoms with van der Waals surface area (Å²) in [6.07, 6.45) is 8.74. The average Bonchev–Trinajstić information content (AvgIpc) is 3.63. The highest BCUT2D eigenvalue weighted by molar-refractivity contribution is 9.09. The maximum atomic E-state index is 14.8. The van der Waals surface area contributed by atoms with Gasteiger partial charge in [0, 0.05) is 29.6 Å². The number of hydrogen-bond acceptors (Lipinski definition) is 6. The molecular formula is C34H46BrN3O6. The number of aliphatic hydroxyl groups is 1. The molecule has 3 saturated heterocycles. The first-order valence-corrected chi connectivity index (χ1v) is 17.0.